The molecule has 0 unspecified atom stereocenters. The number of aliphatic carboxylic acids is 1. The maximum atomic E-state index is 10.5. The third-order valence-electron chi connectivity index (χ3n) is 3.56. The fourth-order valence-corrected chi connectivity index (χ4v) is 2.34. The molecule has 0 fully saturated rings. The fourth-order valence-electron chi connectivity index (χ4n) is 2.34. The van der Waals surface area contributed by atoms with E-state index in [1.54, 1.807) is 0 Å². The van der Waals surface area contributed by atoms with Crippen LogP contribution in [-0.2, 0) is 9.59 Å². The molecule has 1 amide bonds. The summed E-state index contributed by atoms with van der Waals surface area (Å²) in [4.78, 5) is 20.8. The Morgan fingerprint density at radius 1 is 0.600 bits per heavy atom. The zero-order valence-corrected chi connectivity index (χ0v) is 12.7. The van der Waals surface area contributed by atoms with E-state index in [0.717, 1.165) is 25.7 Å². The lowest BCUT2D eigenvalue weighted by Gasteiger charge is -2.02. The van der Waals surface area contributed by atoms with Crippen molar-refractivity contribution in [3.63, 3.8) is 0 Å². The molecule has 0 saturated carbocycles. The Morgan fingerprint density at radius 3 is 1.20 bits per heavy atom. The van der Waals surface area contributed by atoms with Crippen LogP contribution in [0.25, 0.3) is 0 Å². The van der Waals surface area contributed by atoms with Crippen molar-refractivity contribution in [1.29, 1.82) is 0 Å². The molecule has 0 rings (SSSR count). The Morgan fingerprint density at radius 2 is 0.900 bits per heavy atom. The third-order valence-corrected chi connectivity index (χ3v) is 3.56. The van der Waals surface area contributed by atoms with E-state index in [0.29, 0.717) is 12.8 Å². The molecule has 0 atom stereocenters. The lowest BCUT2D eigenvalue weighted by molar-refractivity contribution is -0.137. The zero-order chi connectivity index (χ0) is 15.1. The molecule has 118 valence electrons. The SMILES string of the molecule is NC(=O)CCCCCCCCCCCCCCC(=O)O. The standard InChI is InChI=1S/C16H31NO3/c17-15(18)13-11-9-7-5-3-1-2-4-6-8-10-12-14-16(19)20/h1-14H2,(H2,17,18)(H,19,20). The summed E-state index contributed by atoms with van der Waals surface area (Å²) < 4.78 is 0. The van der Waals surface area contributed by atoms with Gasteiger partial charge in [-0.1, -0.05) is 64.2 Å². The van der Waals surface area contributed by atoms with Gasteiger partial charge in [-0.2, -0.15) is 0 Å². The molecular weight excluding hydrogens is 254 g/mol. The molecule has 0 spiro atoms. The molecule has 0 aromatic heterocycles. The van der Waals surface area contributed by atoms with Crippen LogP contribution < -0.4 is 5.73 Å². The normalized spacial score (nSPS) is 10.6. The van der Waals surface area contributed by atoms with Gasteiger partial charge in [-0.05, 0) is 12.8 Å². The van der Waals surface area contributed by atoms with Crippen LogP contribution in [-0.4, -0.2) is 17.0 Å². The Hall–Kier alpha value is -1.06. The van der Waals surface area contributed by atoms with Crippen molar-refractivity contribution in [2.24, 2.45) is 5.73 Å². The van der Waals surface area contributed by atoms with Crippen LogP contribution in [0.1, 0.15) is 89.9 Å². The van der Waals surface area contributed by atoms with Gasteiger partial charge in [0.2, 0.25) is 5.91 Å². The molecule has 3 N–H and O–H groups in total. The maximum Gasteiger partial charge on any atom is 0.303 e. The highest BCUT2D eigenvalue weighted by Crippen LogP contribution is 2.12. The van der Waals surface area contributed by atoms with Crippen LogP contribution in [0.15, 0.2) is 0 Å². The van der Waals surface area contributed by atoms with Crippen LogP contribution in [0, 0.1) is 0 Å². The average molecular weight is 285 g/mol. The van der Waals surface area contributed by atoms with E-state index in [1.165, 1.54) is 51.4 Å². The number of nitrogens with two attached hydrogens (primary N) is 1. The second-order valence-electron chi connectivity index (χ2n) is 5.60. The number of hydrogen-bond donors (Lipinski definition) is 2. The number of amides is 1. The van der Waals surface area contributed by atoms with Crippen molar-refractivity contribution in [2.75, 3.05) is 0 Å². The molecule has 0 aromatic carbocycles. The van der Waals surface area contributed by atoms with Crippen molar-refractivity contribution in [3.05, 3.63) is 0 Å². The van der Waals surface area contributed by atoms with Crippen molar-refractivity contribution in [2.45, 2.75) is 89.9 Å². The van der Waals surface area contributed by atoms with Gasteiger partial charge in [0.25, 0.3) is 0 Å². The topological polar surface area (TPSA) is 80.4 Å². The van der Waals surface area contributed by atoms with Crippen LogP contribution in [0.2, 0.25) is 0 Å². The summed E-state index contributed by atoms with van der Waals surface area (Å²) in [6.07, 6.45) is 14.8. The number of rotatable bonds is 15. The Labute approximate surface area is 123 Å². The number of carbonyl (C=O) groups excluding carboxylic acids is 1. The maximum absolute atomic E-state index is 10.5. The van der Waals surface area contributed by atoms with E-state index in [-0.39, 0.29) is 5.91 Å². The zero-order valence-electron chi connectivity index (χ0n) is 12.7. The minimum absolute atomic E-state index is 0.187. The van der Waals surface area contributed by atoms with E-state index in [2.05, 4.69) is 0 Å². The molecule has 0 saturated heterocycles. The molecule has 0 aromatic rings. The van der Waals surface area contributed by atoms with E-state index in [9.17, 15) is 9.59 Å². The first-order chi connectivity index (χ1) is 9.63. The summed E-state index contributed by atoms with van der Waals surface area (Å²) in [7, 11) is 0. The molecule has 4 heteroatoms. The summed E-state index contributed by atoms with van der Waals surface area (Å²) in [5.74, 6) is -0.866. The van der Waals surface area contributed by atoms with Gasteiger partial charge in [0.15, 0.2) is 0 Å². The second kappa shape index (κ2) is 14.4. The van der Waals surface area contributed by atoms with Gasteiger partial charge in [-0.25, -0.2) is 0 Å². The Kier molecular flexibility index (Phi) is 13.6. The number of hydrogen-bond acceptors (Lipinski definition) is 2. The molecule has 4 nitrogen and oxygen atoms in total. The molecule has 0 aliphatic carbocycles. The molecular formula is C16H31NO3. The lowest BCUT2D eigenvalue weighted by Crippen LogP contribution is -2.09. The molecule has 0 aliphatic rings. The van der Waals surface area contributed by atoms with Gasteiger partial charge >= 0.3 is 5.97 Å². The van der Waals surface area contributed by atoms with E-state index < -0.39 is 5.97 Å². The molecule has 0 heterocycles. The third kappa shape index (κ3) is 16.9. The molecule has 0 bridgehead atoms. The van der Waals surface area contributed by atoms with Crippen molar-refractivity contribution in [1.82, 2.24) is 0 Å². The van der Waals surface area contributed by atoms with Crippen LogP contribution in [0.4, 0.5) is 0 Å². The highest BCUT2D eigenvalue weighted by atomic mass is 16.4. The van der Waals surface area contributed by atoms with Gasteiger partial charge in [0.1, 0.15) is 0 Å². The van der Waals surface area contributed by atoms with Crippen molar-refractivity contribution < 1.29 is 14.7 Å². The van der Waals surface area contributed by atoms with Crippen molar-refractivity contribution in [3.8, 4) is 0 Å². The quantitative estimate of drug-likeness (QED) is 0.446. The monoisotopic (exact) mass is 285 g/mol. The van der Waals surface area contributed by atoms with Gasteiger partial charge in [0.05, 0.1) is 0 Å². The summed E-state index contributed by atoms with van der Waals surface area (Å²) in [5, 5.41) is 8.49. The smallest absolute Gasteiger partial charge is 0.303 e. The molecule has 20 heavy (non-hydrogen) atoms. The van der Waals surface area contributed by atoms with Crippen LogP contribution in [0.5, 0.6) is 0 Å². The lowest BCUT2D eigenvalue weighted by atomic mass is 10.0. The van der Waals surface area contributed by atoms with Gasteiger partial charge in [-0.15, -0.1) is 0 Å². The number of unbranched alkanes of at least 4 members (excludes halogenated alkanes) is 11. The highest BCUT2D eigenvalue weighted by Gasteiger charge is 1.97. The molecule has 0 radical (unpaired) electrons. The Balaban J connectivity index is 2.99. The van der Waals surface area contributed by atoms with Crippen molar-refractivity contribution >= 4 is 11.9 Å². The van der Waals surface area contributed by atoms with Gasteiger partial charge in [0, 0.05) is 12.8 Å². The first kappa shape index (κ1) is 18.9. The summed E-state index contributed by atoms with van der Waals surface area (Å²) in [6, 6.07) is 0. The van der Waals surface area contributed by atoms with Crippen LogP contribution in [0.3, 0.4) is 0 Å². The number of carboxylic acids is 1. The average Bonchev–Trinajstić information content (AvgIpc) is 2.38. The summed E-state index contributed by atoms with van der Waals surface area (Å²) in [6.45, 7) is 0. The first-order valence-electron chi connectivity index (χ1n) is 8.13. The summed E-state index contributed by atoms with van der Waals surface area (Å²) in [5.41, 5.74) is 5.08. The van der Waals surface area contributed by atoms with E-state index in [4.69, 9.17) is 10.8 Å². The Bertz CT molecular complexity index is 228. The first-order valence-corrected chi connectivity index (χ1v) is 8.13. The number of primary amides is 1. The second-order valence-corrected chi connectivity index (χ2v) is 5.60. The minimum Gasteiger partial charge on any atom is -0.481 e. The number of carboxylic acid groups (broad SMARTS) is 1. The van der Waals surface area contributed by atoms with Crippen LogP contribution >= 0.6 is 0 Å². The predicted molar refractivity (Wildman–Crippen MR) is 81.5 cm³/mol. The van der Waals surface area contributed by atoms with Gasteiger partial charge in [-0.3, -0.25) is 9.59 Å². The van der Waals surface area contributed by atoms with Gasteiger partial charge < -0.3 is 10.8 Å². The molecule has 0 aliphatic heterocycles. The number of carbonyl (C=O) groups is 2. The van der Waals surface area contributed by atoms with E-state index in [1.807, 2.05) is 0 Å². The predicted octanol–water partition coefficient (Wildman–Crippen LogP) is 4.02. The minimum atomic E-state index is -0.680. The highest BCUT2D eigenvalue weighted by molar-refractivity contribution is 5.73. The van der Waals surface area contributed by atoms with E-state index >= 15 is 0 Å². The fraction of sp³-hybridized carbons (Fsp3) is 0.875. The summed E-state index contributed by atoms with van der Waals surface area (Å²) >= 11 is 0. The largest absolute Gasteiger partial charge is 0.481 e.